The summed E-state index contributed by atoms with van der Waals surface area (Å²) in [6, 6.07) is 1.43. The van der Waals surface area contributed by atoms with Crippen LogP contribution >= 0.6 is 0 Å². The molecular weight excluding hydrogens is 242 g/mol. The molecule has 5 heteroatoms. The lowest BCUT2D eigenvalue weighted by molar-refractivity contribution is 0.0697. The van der Waals surface area contributed by atoms with E-state index in [-0.39, 0.29) is 16.8 Å². The molecule has 0 amide bonds. The Morgan fingerprint density at radius 3 is 2.74 bits per heavy atom. The quantitative estimate of drug-likeness (QED) is 0.855. The minimum absolute atomic E-state index is 0.235. The predicted octanol–water partition coefficient (Wildman–Crippen LogP) is 2.23. The van der Waals surface area contributed by atoms with Gasteiger partial charge in [0.2, 0.25) is 0 Å². The van der Waals surface area contributed by atoms with E-state index in [1.807, 2.05) is 0 Å². The van der Waals surface area contributed by atoms with E-state index in [2.05, 4.69) is 30.7 Å². The van der Waals surface area contributed by atoms with Crippen LogP contribution in [0.1, 0.15) is 37.6 Å². The van der Waals surface area contributed by atoms with Gasteiger partial charge < -0.3 is 15.7 Å². The first kappa shape index (κ1) is 13.6. The van der Waals surface area contributed by atoms with Crippen molar-refractivity contribution in [3.05, 3.63) is 17.8 Å². The number of anilines is 2. The van der Waals surface area contributed by atoms with E-state index in [4.69, 9.17) is 5.73 Å². The van der Waals surface area contributed by atoms with E-state index in [9.17, 15) is 9.90 Å². The zero-order chi connectivity index (χ0) is 14.2. The Kier molecular flexibility index (Phi) is 3.39. The molecule has 0 bridgehead atoms. The SMILES string of the molecule is CC(C)(C)C1CCN(c2cnc(N)cc2C(=O)O)C1. The molecule has 0 spiro atoms. The smallest absolute Gasteiger partial charge is 0.338 e. The van der Waals surface area contributed by atoms with Gasteiger partial charge in [0.15, 0.2) is 0 Å². The van der Waals surface area contributed by atoms with Gasteiger partial charge in [0.1, 0.15) is 5.82 Å². The molecule has 1 aromatic heterocycles. The van der Waals surface area contributed by atoms with Crippen molar-refractivity contribution in [2.75, 3.05) is 23.7 Å². The lowest BCUT2D eigenvalue weighted by Crippen LogP contribution is -2.27. The highest BCUT2D eigenvalue weighted by Gasteiger charge is 2.33. The van der Waals surface area contributed by atoms with Crippen LogP contribution in [0.2, 0.25) is 0 Å². The van der Waals surface area contributed by atoms with Gasteiger partial charge in [0, 0.05) is 13.1 Å². The molecule has 1 fully saturated rings. The van der Waals surface area contributed by atoms with Crippen LogP contribution in [0, 0.1) is 11.3 Å². The molecule has 3 N–H and O–H groups in total. The summed E-state index contributed by atoms with van der Waals surface area (Å²) in [7, 11) is 0. The Bertz CT molecular complexity index is 494. The van der Waals surface area contributed by atoms with Crippen LogP contribution in [0.15, 0.2) is 12.3 Å². The van der Waals surface area contributed by atoms with Crippen LogP contribution in [0.4, 0.5) is 11.5 Å². The Balaban J connectivity index is 2.27. The van der Waals surface area contributed by atoms with Gasteiger partial charge >= 0.3 is 5.97 Å². The van der Waals surface area contributed by atoms with E-state index in [1.165, 1.54) is 6.07 Å². The molecule has 0 saturated carbocycles. The minimum Gasteiger partial charge on any atom is -0.478 e. The second kappa shape index (κ2) is 4.72. The van der Waals surface area contributed by atoms with Gasteiger partial charge in [-0.05, 0) is 23.8 Å². The van der Waals surface area contributed by atoms with E-state index < -0.39 is 5.97 Å². The van der Waals surface area contributed by atoms with Gasteiger partial charge in [-0.15, -0.1) is 0 Å². The molecule has 0 radical (unpaired) electrons. The maximum absolute atomic E-state index is 11.3. The van der Waals surface area contributed by atoms with E-state index in [0.717, 1.165) is 19.5 Å². The van der Waals surface area contributed by atoms with Crippen molar-refractivity contribution in [3.8, 4) is 0 Å². The number of carboxylic acid groups (broad SMARTS) is 1. The summed E-state index contributed by atoms with van der Waals surface area (Å²) in [5.41, 5.74) is 6.72. The average Bonchev–Trinajstić information content (AvgIpc) is 2.77. The van der Waals surface area contributed by atoms with Crippen LogP contribution in [0.3, 0.4) is 0 Å². The van der Waals surface area contributed by atoms with Crippen molar-refractivity contribution in [1.82, 2.24) is 4.98 Å². The van der Waals surface area contributed by atoms with Gasteiger partial charge in [-0.25, -0.2) is 9.78 Å². The maximum atomic E-state index is 11.3. The summed E-state index contributed by atoms with van der Waals surface area (Å²) in [5, 5.41) is 9.27. The van der Waals surface area contributed by atoms with Gasteiger partial charge in [-0.1, -0.05) is 20.8 Å². The highest BCUT2D eigenvalue weighted by atomic mass is 16.4. The number of nitrogens with two attached hydrogens (primary N) is 1. The van der Waals surface area contributed by atoms with Gasteiger partial charge in [0.25, 0.3) is 0 Å². The Hall–Kier alpha value is -1.78. The lowest BCUT2D eigenvalue weighted by atomic mass is 9.80. The number of nitrogen functional groups attached to an aromatic ring is 1. The Labute approximate surface area is 113 Å². The van der Waals surface area contributed by atoms with Crippen molar-refractivity contribution in [2.45, 2.75) is 27.2 Å². The maximum Gasteiger partial charge on any atom is 0.338 e. The first-order chi connectivity index (χ1) is 8.79. The van der Waals surface area contributed by atoms with Crippen LogP contribution in [0.5, 0.6) is 0 Å². The number of carboxylic acids is 1. The molecule has 1 aliphatic rings. The number of hydrogen-bond donors (Lipinski definition) is 2. The molecule has 1 unspecified atom stereocenters. The van der Waals surface area contributed by atoms with Crippen molar-refractivity contribution in [3.63, 3.8) is 0 Å². The number of hydrogen-bond acceptors (Lipinski definition) is 4. The van der Waals surface area contributed by atoms with Crippen LogP contribution in [-0.4, -0.2) is 29.1 Å². The molecule has 1 aliphatic heterocycles. The fourth-order valence-electron chi connectivity index (χ4n) is 2.57. The summed E-state index contributed by atoms with van der Waals surface area (Å²) < 4.78 is 0. The summed E-state index contributed by atoms with van der Waals surface area (Å²) >= 11 is 0. The minimum atomic E-state index is -0.955. The molecular formula is C14H21N3O2. The highest BCUT2D eigenvalue weighted by Crippen LogP contribution is 2.36. The largest absolute Gasteiger partial charge is 0.478 e. The lowest BCUT2D eigenvalue weighted by Gasteiger charge is -2.27. The summed E-state index contributed by atoms with van der Waals surface area (Å²) in [6.07, 6.45) is 2.65. The molecule has 5 nitrogen and oxygen atoms in total. The number of aromatic carboxylic acids is 1. The van der Waals surface area contributed by atoms with Gasteiger partial charge in [-0.2, -0.15) is 0 Å². The second-order valence-corrected chi connectivity index (χ2v) is 6.23. The molecule has 1 aromatic rings. The molecule has 104 valence electrons. The molecule has 0 aromatic carbocycles. The first-order valence-electron chi connectivity index (χ1n) is 6.53. The average molecular weight is 263 g/mol. The molecule has 2 rings (SSSR count). The second-order valence-electron chi connectivity index (χ2n) is 6.23. The zero-order valence-electron chi connectivity index (χ0n) is 11.7. The Morgan fingerprint density at radius 2 is 2.21 bits per heavy atom. The molecule has 19 heavy (non-hydrogen) atoms. The van der Waals surface area contributed by atoms with E-state index in [0.29, 0.717) is 11.6 Å². The fourth-order valence-corrected chi connectivity index (χ4v) is 2.57. The predicted molar refractivity (Wildman–Crippen MR) is 75.4 cm³/mol. The summed E-state index contributed by atoms with van der Waals surface area (Å²) in [6.45, 7) is 8.41. The molecule has 2 heterocycles. The van der Waals surface area contributed by atoms with Gasteiger partial charge in [-0.3, -0.25) is 0 Å². The number of rotatable bonds is 2. The third kappa shape index (κ3) is 2.80. The van der Waals surface area contributed by atoms with Crippen molar-refractivity contribution < 1.29 is 9.90 Å². The summed E-state index contributed by atoms with van der Waals surface area (Å²) in [4.78, 5) is 17.4. The third-order valence-electron chi connectivity index (χ3n) is 3.89. The molecule has 1 saturated heterocycles. The number of nitrogens with zero attached hydrogens (tertiary/aromatic N) is 2. The van der Waals surface area contributed by atoms with Crippen molar-refractivity contribution in [1.29, 1.82) is 0 Å². The van der Waals surface area contributed by atoms with E-state index >= 15 is 0 Å². The number of carbonyl (C=O) groups is 1. The highest BCUT2D eigenvalue weighted by molar-refractivity contribution is 5.95. The van der Waals surface area contributed by atoms with Crippen molar-refractivity contribution >= 4 is 17.5 Å². The standard InChI is InChI=1S/C14H21N3O2/c1-14(2,3)9-4-5-17(8-9)11-7-16-12(15)6-10(11)13(18)19/h6-7,9H,4-5,8H2,1-3H3,(H2,15,16)(H,18,19). The molecule has 1 atom stereocenters. The molecule has 0 aliphatic carbocycles. The fraction of sp³-hybridized carbons (Fsp3) is 0.571. The van der Waals surface area contributed by atoms with Crippen LogP contribution < -0.4 is 10.6 Å². The van der Waals surface area contributed by atoms with E-state index in [1.54, 1.807) is 6.20 Å². The number of pyridine rings is 1. The van der Waals surface area contributed by atoms with Gasteiger partial charge in [0.05, 0.1) is 17.4 Å². The summed E-state index contributed by atoms with van der Waals surface area (Å²) in [5.74, 6) is -0.150. The monoisotopic (exact) mass is 263 g/mol. The first-order valence-corrected chi connectivity index (χ1v) is 6.53. The van der Waals surface area contributed by atoms with Crippen LogP contribution in [0.25, 0.3) is 0 Å². The van der Waals surface area contributed by atoms with Crippen LogP contribution in [-0.2, 0) is 0 Å². The normalized spacial score (nSPS) is 19.7. The van der Waals surface area contributed by atoms with Crippen molar-refractivity contribution in [2.24, 2.45) is 11.3 Å². The zero-order valence-corrected chi connectivity index (χ0v) is 11.7. The number of aromatic nitrogens is 1. The topological polar surface area (TPSA) is 79.5 Å². The Morgan fingerprint density at radius 1 is 1.53 bits per heavy atom. The third-order valence-corrected chi connectivity index (χ3v) is 3.89.